The van der Waals surface area contributed by atoms with Crippen LogP contribution < -0.4 is 36.2 Å². The van der Waals surface area contributed by atoms with E-state index in [9.17, 15) is 23.7 Å². The highest BCUT2D eigenvalue weighted by molar-refractivity contribution is 7.70. The Balaban J connectivity index is 0.721. The normalized spacial score (nSPS) is 18.3. The molecule has 66 heavy (non-hydrogen) atoms. The lowest BCUT2D eigenvalue weighted by Gasteiger charge is -2.43. The molecule has 8 rings (SSSR count). The number of hydrogen-bond acceptors (Lipinski definition) is 13. The lowest BCUT2D eigenvalue weighted by Crippen LogP contribution is -2.54. The van der Waals surface area contributed by atoms with Gasteiger partial charge in [0, 0.05) is 99.6 Å². The first kappa shape index (κ1) is 46.8. The lowest BCUT2D eigenvalue weighted by atomic mass is 10.0. The molecule has 350 valence electrons. The van der Waals surface area contributed by atoms with Gasteiger partial charge in [-0.3, -0.25) is 29.4 Å². The van der Waals surface area contributed by atoms with Crippen LogP contribution in [-0.4, -0.2) is 127 Å². The van der Waals surface area contributed by atoms with Crippen molar-refractivity contribution in [1.29, 1.82) is 0 Å². The molecule has 1 aromatic heterocycles. The number of rotatable bonds is 17. The van der Waals surface area contributed by atoms with Crippen LogP contribution in [0.15, 0.2) is 66.9 Å². The summed E-state index contributed by atoms with van der Waals surface area (Å²) in [7, 11) is -0.907. The molecule has 18 heteroatoms. The van der Waals surface area contributed by atoms with Crippen molar-refractivity contribution in [2.45, 2.75) is 76.4 Å². The molecule has 0 saturated carbocycles. The standard InChI is InChI=1S/C48H60ClN10O6P/c1-65-41-29-35(14-16-38(41)53-48-51-30-37(49)45(55-48)52-39-10-7-8-11-42(39)66(2,3)64)56-22-19-34(20-23-56)57-24-26-58(27-25-57)44(61)12-6-4-5-9-21-50-33-13-15-36-32(28-33)31-59(47(36)63)40-17-18-43(60)54-46(40)62/h7-8,10-11,13-16,28-30,34,40,50H,4-6,9,12,17-27,31H2,1-3H3,(H,54,60,62)(H2,51,52,53,55). The summed E-state index contributed by atoms with van der Waals surface area (Å²) < 4.78 is 18.7. The molecule has 1 atom stereocenters. The van der Waals surface area contributed by atoms with E-state index in [4.69, 9.17) is 16.3 Å². The summed E-state index contributed by atoms with van der Waals surface area (Å²) in [5, 5.41) is 13.4. The highest BCUT2D eigenvalue weighted by atomic mass is 35.5. The van der Waals surface area contributed by atoms with Crippen LogP contribution in [0.5, 0.6) is 5.75 Å². The van der Waals surface area contributed by atoms with Crippen molar-refractivity contribution in [2.24, 2.45) is 0 Å². The van der Waals surface area contributed by atoms with Gasteiger partial charge in [0.05, 0.1) is 24.7 Å². The Kier molecular flexibility index (Phi) is 14.8. The first-order valence-corrected chi connectivity index (χ1v) is 26.0. The highest BCUT2D eigenvalue weighted by Crippen LogP contribution is 2.39. The van der Waals surface area contributed by atoms with Gasteiger partial charge in [0.15, 0.2) is 5.82 Å². The molecule has 4 aliphatic rings. The molecular formula is C48H60ClN10O6P. The SMILES string of the molecule is COc1cc(N2CCC(N3CCN(C(=O)CCCCCCNc4ccc5c(c4)CN(C4CCC(=O)NC4=O)C5=O)CC3)CC2)ccc1Nc1ncc(Cl)c(Nc2ccccc2P(C)(C)=O)n1. The predicted octanol–water partition coefficient (Wildman–Crippen LogP) is 6.81. The molecule has 4 N–H and O–H groups in total. The van der Waals surface area contributed by atoms with Gasteiger partial charge in [0.25, 0.3) is 5.91 Å². The quantitative estimate of drug-likeness (QED) is 0.0493. The fourth-order valence-corrected chi connectivity index (χ4v) is 10.7. The molecule has 4 aromatic rings. The summed E-state index contributed by atoms with van der Waals surface area (Å²) in [5.74, 6) is 0.788. The minimum absolute atomic E-state index is 0.167. The molecule has 1 unspecified atom stereocenters. The molecule has 0 bridgehead atoms. The fraction of sp³-hybridized carbons (Fsp3) is 0.458. The molecule has 3 fully saturated rings. The highest BCUT2D eigenvalue weighted by Gasteiger charge is 2.39. The minimum atomic E-state index is -2.55. The number of halogens is 1. The van der Waals surface area contributed by atoms with Crippen LogP contribution in [0.25, 0.3) is 0 Å². The second kappa shape index (κ2) is 20.9. The second-order valence-corrected chi connectivity index (χ2v) is 21.5. The molecule has 0 aliphatic carbocycles. The van der Waals surface area contributed by atoms with Gasteiger partial charge in [-0.05, 0) is 93.5 Å². The maximum Gasteiger partial charge on any atom is 0.255 e. The Hall–Kier alpha value is -5.70. The first-order valence-electron chi connectivity index (χ1n) is 23.0. The molecule has 5 heterocycles. The fourth-order valence-electron chi connectivity index (χ4n) is 9.45. The predicted molar refractivity (Wildman–Crippen MR) is 260 cm³/mol. The number of aromatic nitrogens is 2. The summed E-state index contributed by atoms with van der Waals surface area (Å²) in [4.78, 5) is 67.6. The molecular weight excluding hydrogens is 879 g/mol. The van der Waals surface area contributed by atoms with Crippen LogP contribution in [0.4, 0.5) is 34.5 Å². The van der Waals surface area contributed by atoms with E-state index >= 15 is 0 Å². The van der Waals surface area contributed by atoms with E-state index in [2.05, 4.69) is 47.1 Å². The summed E-state index contributed by atoms with van der Waals surface area (Å²) in [6, 6.07) is 19.1. The van der Waals surface area contributed by atoms with Crippen LogP contribution in [-0.2, 0) is 25.5 Å². The van der Waals surface area contributed by atoms with Gasteiger partial charge >= 0.3 is 0 Å². The Morgan fingerprint density at radius 1 is 0.894 bits per heavy atom. The first-order chi connectivity index (χ1) is 31.8. The Morgan fingerprint density at radius 2 is 1.67 bits per heavy atom. The van der Waals surface area contributed by atoms with Gasteiger partial charge in [-0.15, -0.1) is 0 Å². The van der Waals surface area contributed by atoms with Gasteiger partial charge in [-0.25, -0.2) is 4.98 Å². The molecule has 4 amide bonds. The van der Waals surface area contributed by atoms with Crippen LogP contribution in [0, 0.1) is 0 Å². The van der Waals surface area contributed by atoms with Crippen LogP contribution >= 0.6 is 18.7 Å². The van der Waals surface area contributed by atoms with Crippen molar-refractivity contribution in [1.82, 2.24) is 30.0 Å². The third-order valence-electron chi connectivity index (χ3n) is 13.1. The van der Waals surface area contributed by atoms with Gasteiger partial charge in [-0.1, -0.05) is 36.6 Å². The number of anilines is 6. The average Bonchev–Trinajstić information content (AvgIpc) is 3.64. The number of amides is 4. The van der Waals surface area contributed by atoms with E-state index < -0.39 is 19.1 Å². The monoisotopic (exact) mass is 938 g/mol. The molecule has 16 nitrogen and oxygen atoms in total. The maximum atomic E-state index is 13.1. The van der Waals surface area contributed by atoms with Gasteiger partial charge in [-0.2, -0.15) is 4.98 Å². The molecule has 3 aromatic carbocycles. The number of carbonyl (C=O) groups is 4. The van der Waals surface area contributed by atoms with Gasteiger partial charge in [0.1, 0.15) is 24.0 Å². The zero-order valence-electron chi connectivity index (χ0n) is 38.0. The van der Waals surface area contributed by atoms with Crippen molar-refractivity contribution in [3.8, 4) is 5.75 Å². The average molecular weight is 939 g/mol. The number of fused-ring (bicyclic) bond motifs is 1. The van der Waals surface area contributed by atoms with Crippen molar-refractivity contribution < 1.29 is 28.5 Å². The van der Waals surface area contributed by atoms with E-state index in [1.807, 2.05) is 59.5 Å². The van der Waals surface area contributed by atoms with Crippen molar-refractivity contribution >= 4 is 82.2 Å². The van der Waals surface area contributed by atoms with Crippen molar-refractivity contribution in [3.05, 3.63) is 83.0 Å². The number of carbonyl (C=O) groups excluding carboxylic acids is 4. The van der Waals surface area contributed by atoms with Crippen LogP contribution in [0.3, 0.4) is 0 Å². The number of imide groups is 1. The zero-order chi connectivity index (χ0) is 46.4. The second-order valence-electron chi connectivity index (χ2n) is 17.9. The van der Waals surface area contributed by atoms with E-state index in [-0.39, 0.29) is 24.1 Å². The Labute approximate surface area is 391 Å². The summed E-state index contributed by atoms with van der Waals surface area (Å²) in [6.45, 7) is 9.81. The Morgan fingerprint density at radius 3 is 2.42 bits per heavy atom. The van der Waals surface area contributed by atoms with Gasteiger partial charge in [0.2, 0.25) is 23.7 Å². The zero-order valence-corrected chi connectivity index (χ0v) is 39.6. The van der Waals surface area contributed by atoms with E-state index in [0.717, 1.165) is 101 Å². The number of benzene rings is 3. The van der Waals surface area contributed by atoms with Crippen molar-refractivity contribution in [3.63, 3.8) is 0 Å². The molecule has 3 saturated heterocycles. The minimum Gasteiger partial charge on any atom is -0.494 e. The third kappa shape index (κ3) is 11.1. The van der Waals surface area contributed by atoms with Crippen LogP contribution in [0.2, 0.25) is 5.02 Å². The number of unbranched alkanes of at least 4 members (excludes halogenated alkanes) is 3. The number of hydrogen-bond donors (Lipinski definition) is 4. The number of piperazine rings is 1. The summed E-state index contributed by atoms with van der Waals surface area (Å²) >= 11 is 6.49. The third-order valence-corrected chi connectivity index (χ3v) is 14.9. The largest absolute Gasteiger partial charge is 0.494 e. The number of methoxy groups -OCH3 is 1. The molecule has 0 spiro atoms. The summed E-state index contributed by atoms with van der Waals surface area (Å²) in [5.41, 5.74) is 4.92. The maximum absolute atomic E-state index is 13.1. The number of ether oxygens (including phenoxy) is 1. The van der Waals surface area contributed by atoms with E-state index in [1.54, 1.807) is 25.3 Å². The number of nitrogens with one attached hydrogen (secondary N) is 4. The number of para-hydroxylation sites is 1. The van der Waals surface area contributed by atoms with Crippen molar-refractivity contribution in [2.75, 3.05) is 87.1 Å². The lowest BCUT2D eigenvalue weighted by molar-refractivity contribution is -0.137. The summed E-state index contributed by atoms with van der Waals surface area (Å²) in [6.07, 6.45) is 8.65. The number of nitrogens with zero attached hydrogens (tertiary/aromatic N) is 6. The number of piperidine rings is 2. The topological polar surface area (TPSA) is 181 Å². The molecule has 4 aliphatic heterocycles. The Bertz CT molecular complexity index is 2490. The van der Waals surface area contributed by atoms with Crippen LogP contribution in [0.1, 0.15) is 73.7 Å². The van der Waals surface area contributed by atoms with E-state index in [0.29, 0.717) is 70.2 Å². The molecule has 0 radical (unpaired) electrons. The van der Waals surface area contributed by atoms with Gasteiger partial charge < -0.3 is 40.0 Å². The van der Waals surface area contributed by atoms with E-state index in [1.165, 1.54) is 6.20 Å². The smallest absolute Gasteiger partial charge is 0.255 e.